The van der Waals surface area contributed by atoms with E-state index < -0.39 is 0 Å². The van der Waals surface area contributed by atoms with Crippen molar-refractivity contribution >= 4 is 21.6 Å². The summed E-state index contributed by atoms with van der Waals surface area (Å²) in [5, 5.41) is 0. The van der Waals surface area contributed by atoms with Crippen LogP contribution in [0.1, 0.15) is 24.5 Å². The highest BCUT2D eigenvalue weighted by Gasteiger charge is 2.10. The van der Waals surface area contributed by atoms with E-state index >= 15 is 0 Å². The fraction of sp³-hybridized carbons (Fsp3) is 0.294. The van der Waals surface area contributed by atoms with Gasteiger partial charge in [0.1, 0.15) is 17.2 Å². The van der Waals surface area contributed by atoms with Gasteiger partial charge >= 0.3 is 0 Å². The Bertz CT molecular complexity index is 618. The Morgan fingerprint density at radius 1 is 1.10 bits per heavy atom. The molecule has 2 aromatic carbocycles. The molecule has 0 aliphatic rings. The number of ether oxygens (including phenoxy) is 2. The first kappa shape index (κ1) is 15.7. The zero-order chi connectivity index (χ0) is 15.4. The van der Waals surface area contributed by atoms with Crippen LogP contribution in [0.25, 0.3) is 0 Å². The highest BCUT2D eigenvalue weighted by molar-refractivity contribution is 9.10. The van der Waals surface area contributed by atoms with E-state index in [9.17, 15) is 0 Å². The molecule has 0 radical (unpaired) electrons. The van der Waals surface area contributed by atoms with Crippen LogP contribution in [0.15, 0.2) is 34.8 Å². The van der Waals surface area contributed by atoms with E-state index in [1.807, 2.05) is 44.2 Å². The lowest BCUT2D eigenvalue weighted by Crippen LogP contribution is -2.00. The molecule has 0 aromatic heterocycles. The minimum atomic E-state index is 0.532. The van der Waals surface area contributed by atoms with Crippen molar-refractivity contribution in [2.45, 2.75) is 27.2 Å². The molecule has 0 aliphatic heterocycles. The Morgan fingerprint density at radius 3 is 2.33 bits per heavy atom. The molecule has 2 aromatic rings. The van der Waals surface area contributed by atoms with Crippen LogP contribution < -0.4 is 15.2 Å². The molecule has 2 N–H and O–H groups in total. The lowest BCUT2D eigenvalue weighted by molar-refractivity contribution is 0.318. The van der Waals surface area contributed by atoms with Crippen molar-refractivity contribution in [2.75, 3.05) is 12.3 Å². The van der Waals surface area contributed by atoms with Gasteiger partial charge in [-0.15, -0.1) is 0 Å². The molecule has 2 rings (SSSR count). The molecule has 3 nitrogen and oxygen atoms in total. The predicted octanol–water partition coefficient (Wildman–Crippen LogP) is 5.23. The van der Waals surface area contributed by atoms with Crippen molar-refractivity contribution in [3.63, 3.8) is 0 Å². The van der Waals surface area contributed by atoms with Gasteiger partial charge in [-0.2, -0.15) is 0 Å². The van der Waals surface area contributed by atoms with Crippen LogP contribution in [0.3, 0.4) is 0 Å². The van der Waals surface area contributed by atoms with Crippen molar-refractivity contribution in [2.24, 2.45) is 0 Å². The Balaban J connectivity index is 2.27. The van der Waals surface area contributed by atoms with Crippen LogP contribution in [0.2, 0.25) is 0 Å². The van der Waals surface area contributed by atoms with Crippen molar-refractivity contribution in [3.05, 3.63) is 45.9 Å². The zero-order valence-corrected chi connectivity index (χ0v) is 14.2. The van der Waals surface area contributed by atoms with Gasteiger partial charge in [0.15, 0.2) is 5.75 Å². The van der Waals surface area contributed by atoms with E-state index in [-0.39, 0.29) is 0 Å². The summed E-state index contributed by atoms with van der Waals surface area (Å²) in [5.74, 6) is 2.05. The van der Waals surface area contributed by atoms with Gasteiger partial charge in [-0.1, -0.05) is 28.9 Å². The normalized spacial score (nSPS) is 10.5. The fourth-order valence-electron chi connectivity index (χ4n) is 2.04. The van der Waals surface area contributed by atoms with Crippen molar-refractivity contribution in [1.29, 1.82) is 0 Å². The maximum absolute atomic E-state index is 6.12. The summed E-state index contributed by atoms with van der Waals surface area (Å²) in [4.78, 5) is 0. The van der Waals surface area contributed by atoms with E-state index in [0.717, 1.165) is 27.8 Å². The number of anilines is 1. The van der Waals surface area contributed by atoms with E-state index in [2.05, 4.69) is 22.9 Å². The average molecular weight is 350 g/mol. The Hall–Kier alpha value is -1.68. The van der Waals surface area contributed by atoms with Crippen molar-refractivity contribution < 1.29 is 9.47 Å². The number of benzene rings is 2. The molecule has 0 unspecified atom stereocenters. The summed E-state index contributed by atoms with van der Waals surface area (Å²) in [6, 6.07) is 9.55. The molecular formula is C17H20BrNO2. The van der Waals surface area contributed by atoms with E-state index in [4.69, 9.17) is 15.2 Å². The third-order valence-corrected chi connectivity index (χ3v) is 4.38. The number of rotatable bonds is 5. The first-order valence-electron chi connectivity index (χ1n) is 6.98. The number of nitrogens with two attached hydrogens (primary N) is 1. The molecule has 0 amide bonds. The molecule has 112 valence electrons. The molecule has 0 saturated heterocycles. The maximum Gasteiger partial charge on any atom is 0.154 e. The third-order valence-electron chi connectivity index (χ3n) is 3.13. The first-order valence-corrected chi connectivity index (χ1v) is 7.78. The van der Waals surface area contributed by atoms with Crippen molar-refractivity contribution in [1.82, 2.24) is 0 Å². The smallest absolute Gasteiger partial charge is 0.154 e. The number of halogens is 1. The van der Waals surface area contributed by atoms with Crippen LogP contribution in [-0.2, 0) is 0 Å². The quantitative estimate of drug-likeness (QED) is 0.751. The fourth-order valence-corrected chi connectivity index (χ4v) is 2.27. The third kappa shape index (κ3) is 3.70. The minimum absolute atomic E-state index is 0.532. The summed E-state index contributed by atoms with van der Waals surface area (Å²) < 4.78 is 12.6. The highest BCUT2D eigenvalue weighted by atomic mass is 79.9. The topological polar surface area (TPSA) is 44.5 Å². The Morgan fingerprint density at radius 2 is 1.71 bits per heavy atom. The maximum atomic E-state index is 6.12. The predicted molar refractivity (Wildman–Crippen MR) is 90.3 cm³/mol. The molecule has 21 heavy (non-hydrogen) atoms. The van der Waals surface area contributed by atoms with Crippen LogP contribution >= 0.6 is 15.9 Å². The zero-order valence-electron chi connectivity index (χ0n) is 12.6. The summed E-state index contributed by atoms with van der Waals surface area (Å²) in [7, 11) is 0. The van der Waals surface area contributed by atoms with E-state index in [1.165, 1.54) is 0 Å². The van der Waals surface area contributed by atoms with Gasteiger partial charge in [0.05, 0.1) is 6.61 Å². The van der Waals surface area contributed by atoms with Gasteiger partial charge in [0.2, 0.25) is 0 Å². The summed E-state index contributed by atoms with van der Waals surface area (Å²) >= 11 is 3.55. The second-order valence-electron chi connectivity index (χ2n) is 4.99. The average Bonchev–Trinajstić information content (AvgIpc) is 2.45. The molecule has 0 fully saturated rings. The van der Waals surface area contributed by atoms with Gasteiger partial charge in [-0.05, 0) is 55.7 Å². The monoisotopic (exact) mass is 349 g/mol. The van der Waals surface area contributed by atoms with Crippen LogP contribution in [-0.4, -0.2) is 6.61 Å². The van der Waals surface area contributed by atoms with E-state index in [1.54, 1.807) is 0 Å². The standard InChI is InChI=1S/C17H20BrNO2/c1-4-8-20-14-6-5-7-15(17(14)19)21-13-9-11(2)16(18)12(3)10-13/h5-7,9-10H,4,8,19H2,1-3H3. The van der Waals surface area contributed by atoms with E-state index in [0.29, 0.717) is 23.8 Å². The van der Waals surface area contributed by atoms with Gasteiger partial charge in [0.25, 0.3) is 0 Å². The number of hydrogen-bond donors (Lipinski definition) is 1. The molecular weight excluding hydrogens is 330 g/mol. The van der Waals surface area contributed by atoms with Gasteiger partial charge < -0.3 is 15.2 Å². The molecule has 0 saturated carbocycles. The Labute approximate surface area is 134 Å². The van der Waals surface area contributed by atoms with Crippen molar-refractivity contribution in [3.8, 4) is 17.2 Å². The summed E-state index contributed by atoms with van der Waals surface area (Å²) in [6.07, 6.45) is 0.940. The highest BCUT2D eigenvalue weighted by Crippen LogP contribution is 2.36. The molecule has 0 spiro atoms. The Kier molecular flexibility index (Phi) is 5.12. The molecule has 0 bridgehead atoms. The molecule has 4 heteroatoms. The molecule has 0 atom stereocenters. The lowest BCUT2D eigenvalue weighted by Gasteiger charge is -2.14. The second-order valence-corrected chi connectivity index (χ2v) is 5.78. The van der Waals surface area contributed by atoms with Gasteiger partial charge in [-0.25, -0.2) is 0 Å². The first-order chi connectivity index (χ1) is 10.0. The minimum Gasteiger partial charge on any atom is -0.491 e. The van der Waals surface area contributed by atoms with Gasteiger partial charge in [-0.3, -0.25) is 0 Å². The number of aryl methyl sites for hydroxylation is 2. The molecule has 0 aliphatic carbocycles. The number of hydrogen-bond acceptors (Lipinski definition) is 3. The SMILES string of the molecule is CCCOc1cccc(Oc2cc(C)c(Br)c(C)c2)c1N. The second kappa shape index (κ2) is 6.85. The molecule has 0 heterocycles. The van der Waals surface area contributed by atoms with Crippen LogP contribution in [0, 0.1) is 13.8 Å². The number of nitrogen functional groups attached to an aromatic ring is 1. The van der Waals surface area contributed by atoms with Crippen LogP contribution in [0.5, 0.6) is 17.2 Å². The summed E-state index contributed by atoms with van der Waals surface area (Å²) in [5.41, 5.74) is 8.90. The van der Waals surface area contributed by atoms with Gasteiger partial charge in [0, 0.05) is 4.47 Å². The number of para-hydroxylation sites is 1. The van der Waals surface area contributed by atoms with Crippen LogP contribution in [0.4, 0.5) is 5.69 Å². The summed E-state index contributed by atoms with van der Waals surface area (Å²) in [6.45, 7) is 6.77. The lowest BCUT2D eigenvalue weighted by atomic mass is 10.1. The largest absolute Gasteiger partial charge is 0.491 e.